The SMILES string of the molecule is Cc1ccc(C2OCC2(C)C)n1CCOCCn1c(C)ccc1C1OCC1(C)C. The van der Waals surface area contributed by atoms with Crippen LogP contribution in [0.1, 0.15) is 62.7 Å². The van der Waals surface area contributed by atoms with Crippen LogP contribution in [0, 0.1) is 24.7 Å². The summed E-state index contributed by atoms with van der Waals surface area (Å²) in [7, 11) is 0. The molecule has 29 heavy (non-hydrogen) atoms. The zero-order valence-corrected chi connectivity index (χ0v) is 18.8. The molecular formula is C24H36N2O3. The first kappa shape index (κ1) is 20.7. The number of ether oxygens (including phenoxy) is 3. The van der Waals surface area contributed by atoms with Crippen molar-refractivity contribution in [3.05, 3.63) is 47.0 Å². The fourth-order valence-electron chi connectivity index (χ4n) is 4.63. The van der Waals surface area contributed by atoms with Gasteiger partial charge in [0.2, 0.25) is 0 Å². The Morgan fingerprint density at radius 3 is 1.52 bits per heavy atom. The Kier molecular flexibility index (Phi) is 5.43. The fourth-order valence-corrected chi connectivity index (χ4v) is 4.63. The number of rotatable bonds is 8. The van der Waals surface area contributed by atoms with Crippen molar-refractivity contribution in [2.24, 2.45) is 10.8 Å². The first-order valence-corrected chi connectivity index (χ1v) is 10.8. The highest BCUT2D eigenvalue weighted by atomic mass is 16.5. The molecule has 5 nitrogen and oxygen atoms in total. The van der Waals surface area contributed by atoms with Crippen molar-refractivity contribution in [3.8, 4) is 0 Å². The van der Waals surface area contributed by atoms with Crippen molar-refractivity contribution in [2.75, 3.05) is 26.4 Å². The molecule has 0 saturated carbocycles. The predicted molar refractivity (Wildman–Crippen MR) is 114 cm³/mol. The summed E-state index contributed by atoms with van der Waals surface area (Å²) in [5.74, 6) is 0. The lowest BCUT2D eigenvalue weighted by Gasteiger charge is -2.44. The second-order valence-electron chi connectivity index (χ2n) is 10.1. The first-order chi connectivity index (χ1) is 13.7. The van der Waals surface area contributed by atoms with Crippen LogP contribution in [-0.4, -0.2) is 35.6 Å². The van der Waals surface area contributed by atoms with Gasteiger partial charge in [-0.3, -0.25) is 0 Å². The van der Waals surface area contributed by atoms with E-state index >= 15 is 0 Å². The summed E-state index contributed by atoms with van der Waals surface area (Å²) in [5, 5.41) is 0. The van der Waals surface area contributed by atoms with Crippen molar-refractivity contribution >= 4 is 0 Å². The summed E-state index contributed by atoms with van der Waals surface area (Å²) < 4.78 is 22.5. The zero-order valence-electron chi connectivity index (χ0n) is 18.8. The first-order valence-electron chi connectivity index (χ1n) is 10.8. The van der Waals surface area contributed by atoms with E-state index in [0.717, 1.165) is 26.3 Å². The Morgan fingerprint density at radius 1 is 0.793 bits per heavy atom. The summed E-state index contributed by atoms with van der Waals surface area (Å²) in [6, 6.07) is 8.78. The van der Waals surface area contributed by atoms with E-state index in [-0.39, 0.29) is 23.0 Å². The van der Waals surface area contributed by atoms with Gasteiger partial charge in [-0.15, -0.1) is 0 Å². The standard InChI is InChI=1S/C24H36N2O3/c1-17-7-9-19(21-23(3,4)15-28-21)25(17)11-13-27-14-12-26-18(2)8-10-20(26)22-24(5,6)16-29-22/h7-10,21-22H,11-16H2,1-6H3. The number of hydrogen-bond acceptors (Lipinski definition) is 3. The molecule has 4 rings (SSSR count). The topological polar surface area (TPSA) is 37.5 Å². The van der Waals surface area contributed by atoms with Gasteiger partial charge in [-0.25, -0.2) is 0 Å². The minimum atomic E-state index is 0.187. The molecule has 2 fully saturated rings. The highest BCUT2D eigenvalue weighted by Gasteiger charge is 2.43. The lowest BCUT2D eigenvalue weighted by Crippen LogP contribution is -2.41. The summed E-state index contributed by atoms with van der Waals surface area (Å²) in [5.41, 5.74) is 5.50. The minimum absolute atomic E-state index is 0.187. The average molecular weight is 401 g/mol. The van der Waals surface area contributed by atoms with Crippen LogP contribution < -0.4 is 0 Å². The van der Waals surface area contributed by atoms with Crippen molar-refractivity contribution in [1.29, 1.82) is 0 Å². The number of aryl methyl sites for hydroxylation is 2. The maximum absolute atomic E-state index is 6.04. The Morgan fingerprint density at radius 2 is 1.21 bits per heavy atom. The molecule has 2 saturated heterocycles. The van der Waals surface area contributed by atoms with Gasteiger partial charge in [-0.2, -0.15) is 0 Å². The molecule has 0 radical (unpaired) electrons. The fraction of sp³-hybridized carbons (Fsp3) is 0.667. The highest BCUT2D eigenvalue weighted by molar-refractivity contribution is 5.22. The third-order valence-corrected chi connectivity index (χ3v) is 6.58. The largest absolute Gasteiger partial charge is 0.378 e. The highest BCUT2D eigenvalue weighted by Crippen LogP contribution is 2.46. The zero-order chi connectivity index (χ0) is 20.8. The molecule has 4 heterocycles. The molecule has 2 unspecified atom stereocenters. The van der Waals surface area contributed by atoms with Crippen LogP contribution in [0.2, 0.25) is 0 Å². The van der Waals surface area contributed by atoms with Gasteiger partial charge in [0.05, 0.1) is 26.4 Å². The van der Waals surface area contributed by atoms with Crippen molar-refractivity contribution in [2.45, 2.75) is 66.8 Å². The Labute approximate surface area is 174 Å². The monoisotopic (exact) mass is 400 g/mol. The average Bonchev–Trinajstić information content (AvgIpc) is 3.17. The quantitative estimate of drug-likeness (QED) is 0.596. The van der Waals surface area contributed by atoms with E-state index in [2.05, 4.69) is 74.9 Å². The molecular weight excluding hydrogens is 364 g/mol. The molecule has 5 heteroatoms. The van der Waals surface area contributed by atoms with Crippen LogP contribution in [0.5, 0.6) is 0 Å². The number of nitrogens with zero attached hydrogens (tertiary/aromatic N) is 2. The second-order valence-corrected chi connectivity index (χ2v) is 10.1. The smallest absolute Gasteiger partial charge is 0.105 e. The molecule has 0 bridgehead atoms. The van der Waals surface area contributed by atoms with E-state index < -0.39 is 0 Å². The maximum atomic E-state index is 6.04. The number of aromatic nitrogens is 2. The minimum Gasteiger partial charge on any atom is -0.378 e. The molecule has 2 aromatic heterocycles. The van der Waals surface area contributed by atoms with E-state index in [1.165, 1.54) is 22.8 Å². The van der Waals surface area contributed by atoms with Gasteiger partial charge in [-0.1, -0.05) is 27.7 Å². The molecule has 0 aliphatic carbocycles. The molecule has 0 N–H and O–H groups in total. The van der Waals surface area contributed by atoms with Gasteiger partial charge < -0.3 is 23.3 Å². The normalized spacial score (nSPS) is 24.9. The molecule has 2 aliphatic heterocycles. The molecule has 0 amide bonds. The third kappa shape index (κ3) is 3.80. The predicted octanol–water partition coefficient (Wildman–Crippen LogP) is 4.82. The molecule has 2 aliphatic rings. The van der Waals surface area contributed by atoms with E-state index in [9.17, 15) is 0 Å². The molecule has 0 aromatic carbocycles. The van der Waals surface area contributed by atoms with Crippen LogP contribution in [-0.2, 0) is 27.3 Å². The molecule has 2 aromatic rings. The van der Waals surface area contributed by atoms with Gasteiger partial charge in [-0.05, 0) is 38.1 Å². The summed E-state index contributed by atoms with van der Waals surface area (Å²) in [6.45, 7) is 18.2. The van der Waals surface area contributed by atoms with Crippen molar-refractivity contribution < 1.29 is 14.2 Å². The van der Waals surface area contributed by atoms with Crippen molar-refractivity contribution in [3.63, 3.8) is 0 Å². The molecule has 0 spiro atoms. The van der Waals surface area contributed by atoms with E-state index in [0.29, 0.717) is 13.2 Å². The van der Waals surface area contributed by atoms with Crippen molar-refractivity contribution in [1.82, 2.24) is 9.13 Å². The molecule has 2 atom stereocenters. The molecule has 160 valence electrons. The summed E-state index contributed by atoms with van der Waals surface area (Å²) >= 11 is 0. The van der Waals surface area contributed by atoms with E-state index in [1.807, 2.05) is 0 Å². The second kappa shape index (κ2) is 7.60. The van der Waals surface area contributed by atoms with Gasteiger partial charge in [0.15, 0.2) is 0 Å². The Hall–Kier alpha value is -1.56. The van der Waals surface area contributed by atoms with Gasteiger partial charge in [0, 0.05) is 46.7 Å². The number of hydrogen-bond donors (Lipinski definition) is 0. The van der Waals surface area contributed by atoms with Gasteiger partial charge in [0.1, 0.15) is 12.2 Å². The van der Waals surface area contributed by atoms with Crippen LogP contribution in [0.3, 0.4) is 0 Å². The van der Waals surface area contributed by atoms with E-state index in [1.54, 1.807) is 0 Å². The maximum Gasteiger partial charge on any atom is 0.105 e. The van der Waals surface area contributed by atoms with Crippen LogP contribution in [0.4, 0.5) is 0 Å². The van der Waals surface area contributed by atoms with E-state index in [4.69, 9.17) is 14.2 Å². The van der Waals surface area contributed by atoms with Gasteiger partial charge in [0.25, 0.3) is 0 Å². The van der Waals surface area contributed by atoms with Gasteiger partial charge >= 0.3 is 0 Å². The summed E-state index contributed by atoms with van der Waals surface area (Å²) in [6.07, 6.45) is 0.374. The lowest BCUT2D eigenvalue weighted by molar-refractivity contribution is -0.175. The van der Waals surface area contributed by atoms with Crippen LogP contribution >= 0.6 is 0 Å². The Balaban J connectivity index is 1.31. The summed E-state index contributed by atoms with van der Waals surface area (Å²) in [4.78, 5) is 0. The Bertz CT molecular complexity index is 791. The van der Waals surface area contributed by atoms with Crippen LogP contribution in [0.15, 0.2) is 24.3 Å². The van der Waals surface area contributed by atoms with Crippen LogP contribution in [0.25, 0.3) is 0 Å². The lowest BCUT2D eigenvalue weighted by atomic mass is 9.81. The third-order valence-electron chi connectivity index (χ3n) is 6.58.